The SMILES string of the molecule is CC(C)(C)OC(=O)N1CCC2(CC1)CC2O. The molecule has 92 valence electrons. The highest BCUT2D eigenvalue weighted by Crippen LogP contribution is 2.53. The number of likely N-dealkylation sites (tertiary alicyclic amines) is 1. The molecule has 1 unspecified atom stereocenters. The van der Waals surface area contributed by atoms with Crippen LogP contribution in [0.1, 0.15) is 40.0 Å². The van der Waals surface area contributed by atoms with Crippen molar-refractivity contribution < 1.29 is 14.6 Å². The van der Waals surface area contributed by atoms with Crippen molar-refractivity contribution in [3.8, 4) is 0 Å². The van der Waals surface area contributed by atoms with E-state index in [4.69, 9.17) is 4.74 Å². The molecule has 4 nitrogen and oxygen atoms in total. The molecule has 1 aliphatic carbocycles. The first-order chi connectivity index (χ1) is 7.32. The van der Waals surface area contributed by atoms with Crippen LogP contribution in [-0.4, -0.2) is 40.9 Å². The van der Waals surface area contributed by atoms with Crippen LogP contribution < -0.4 is 0 Å². The first kappa shape index (κ1) is 11.7. The number of nitrogens with zero attached hydrogens (tertiary/aromatic N) is 1. The summed E-state index contributed by atoms with van der Waals surface area (Å²) in [6, 6.07) is 0. The lowest BCUT2D eigenvalue weighted by atomic mass is 9.93. The Morgan fingerprint density at radius 3 is 2.25 bits per heavy atom. The van der Waals surface area contributed by atoms with E-state index in [0.29, 0.717) is 13.1 Å². The van der Waals surface area contributed by atoms with Crippen molar-refractivity contribution in [3.63, 3.8) is 0 Å². The molecular weight excluding hydrogens is 206 g/mol. The third kappa shape index (κ3) is 2.32. The molecule has 0 bridgehead atoms. The molecule has 16 heavy (non-hydrogen) atoms. The van der Waals surface area contributed by atoms with Gasteiger partial charge in [0.1, 0.15) is 5.60 Å². The summed E-state index contributed by atoms with van der Waals surface area (Å²) >= 11 is 0. The Bertz CT molecular complexity index is 287. The van der Waals surface area contributed by atoms with Gasteiger partial charge in [-0.15, -0.1) is 0 Å². The predicted molar refractivity (Wildman–Crippen MR) is 60.1 cm³/mol. The molecule has 2 fully saturated rings. The average molecular weight is 227 g/mol. The van der Waals surface area contributed by atoms with E-state index >= 15 is 0 Å². The van der Waals surface area contributed by atoms with Gasteiger partial charge in [0.25, 0.3) is 0 Å². The predicted octanol–water partition coefficient (Wildman–Crippen LogP) is 1.77. The Balaban J connectivity index is 1.83. The Labute approximate surface area is 96.6 Å². The van der Waals surface area contributed by atoms with E-state index in [1.165, 1.54) is 0 Å². The maximum atomic E-state index is 11.8. The van der Waals surface area contributed by atoms with Gasteiger partial charge in [-0.1, -0.05) is 0 Å². The van der Waals surface area contributed by atoms with Crippen LogP contribution >= 0.6 is 0 Å². The van der Waals surface area contributed by atoms with Gasteiger partial charge in [0.15, 0.2) is 0 Å². The summed E-state index contributed by atoms with van der Waals surface area (Å²) in [5.41, 5.74) is -0.288. The topological polar surface area (TPSA) is 49.8 Å². The van der Waals surface area contributed by atoms with Crippen molar-refractivity contribution in [2.45, 2.75) is 51.7 Å². The number of hydrogen-bond donors (Lipinski definition) is 1. The fourth-order valence-electron chi connectivity index (χ4n) is 2.32. The summed E-state index contributed by atoms with van der Waals surface area (Å²) in [6.45, 7) is 7.06. The van der Waals surface area contributed by atoms with Gasteiger partial charge >= 0.3 is 6.09 Å². The van der Waals surface area contributed by atoms with Crippen LogP contribution in [0.4, 0.5) is 4.79 Å². The molecule has 0 aromatic rings. The molecule has 0 radical (unpaired) electrons. The number of ether oxygens (including phenoxy) is 1. The van der Waals surface area contributed by atoms with E-state index in [0.717, 1.165) is 19.3 Å². The van der Waals surface area contributed by atoms with Gasteiger partial charge < -0.3 is 14.7 Å². The second-order valence-electron chi connectivity index (χ2n) is 6.05. The fraction of sp³-hybridized carbons (Fsp3) is 0.917. The van der Waals surface area contributed by atoms with Gasteiger partial charge in [-0.2, -0.15) is 0 Å². The summed E-state index contributed by atoms with van der Waals surface area (Å²) in [7, 11) is 0. The number of aliphatic hydroxyl groups excluding tert-OH is 1. The van der Waals surface area contributed by atoms with Crippen LogP contribution in [0.2, 0.25) is 0 Å². The molecule has 1 aliphatic heterocycles. The van der Waals surface area contributed by atoms with E-state index in [9.17, 15) is 9.90 Å². The lowest BCUT2D eigenvalue weighted by Gasteiger charge is -2.33. The highest BCUT2D eigenvalue weighted by molar-refractivity contribution is 5.68. The molecule has 1 N–H and O–H groups in total. The zero-order valence-electron chi connectivity index (χ0n) is 10.3. The second kappa shape index (κ2) is 3.62. The van der Waals surface area contributed by atoms with Crippen LogP contribution in [-0.2, 0) is 4.74 Å². The van der Waals surface area contributed by atoms with Crippen LogP contribution in [0.3, 0.4) is 0 Å². The van der Waals surface area contributed by atoms with Crippen LogP contribution in [0.25, 0.3) is 0 Å². The van der Waals surface area contributed by atoms with Crippen molar-refractivity contribution in [1.82, 2.24) is 4.90 Å². The molecule has 2 rings (SSSR count). The molecule has 4 heteroatoms. The van der Waals surface area contributed by atoms with Crippen molar-refractivity contribution in [3.05, 3.63) is 0 Å². The van der Waals surface area contributed by atoms with E-state index < -0.39 is 5.60 Å². The molecule has 1 saturated carbocycles. The molecular formula is C12H21NO3. The monoisotopic (exact) mass is 227 g/mol. The van der Waals surface area contributed by atoms with E-state index in [2.05, 4.69) is 0 Å². The summed E-state index contributed by atoms with van der Waals surface area (Å²) in [6.07, 6.45) is 2.38. The Hall–Kier alpha value is -0.770. The maximum absolute atomic E-state index is 11.8. The number of carbonyl (C=O) groups excluding carboxylic acids is 1. The first-order valence-electron chi connectivity index (χ1n) is 5.98. The average Bonchev–Trinajstić information content (AvgIpc) is 2.74. The van der Waals surface area contributed by atoms with Crippen molar-refractivity contribution in [2.75, 3.05) is 13.1 Å². The molecule has 1 atom stereocenters. The van der Waals surface area contributed by atoms with Crippen molar-refractivity contribution >= 4 is 6.09 Å². The first-order valence-corrected chi connectivity index (χ1v) is 5.98. The zero-order chi connectivity index (χ0) is 12.0. The zero-order valence-corrected chi connectivity index (χ0v) is 10.3. The van der Waals surface area contributed by atoms with Gasteiger partial charge in [0.05, 0.1) is 6.10 Å². The minimum Gasteiger partial charge on any atom is -0.444 e. The lowest BCUT2D eigenvalue weighted by molar-refractivity contribution is 0.0148. The van der Waals surface area contributed by atoms with Gasteiger partial charge in [0, 0.05) is 18.5 Å². The third-order valence-corrected chi connectivity index (χ3v) is 3.56. The quantitative estimate of drug-likeness (QED) is 0.686. The summed E-state index contributed by atoms with van der Waals surface area (Å²) in [5, 5.41) is 9.52. The van der Waals surface area contributed by atoms with Gasteiger partial charge in [-0.05, 0) is 40.0 Å². The number of aliphatic hydroxyl groups is 1. The summed E-state index contributed by atoms with van der Waals surface area (Å²) in [4.78, 5) is 13.5. The summed E-state index contributed by atoms with van der Waals surface area (Å²) < 4.78 is 5.32. The number of carbonyl (C=O) groups is 1. The highest BCUT2D eigenvalue weighted by Gasteiger charge is 2.54. The van der Waals surface area contributed by atoms with Gasteiger partial charge in [-0.25, -0.2) is 4.79 Å². The number of hydrogen-bond acceptors (Lipinski definition) is 3. The van der Waals surface area contributed by atoms with Gasteiger partial charge in [-0.3, -0.25) is 0 Å². The second-order valence-corrected chi connectivity index (χ2v) is 6.05. The Kier molecular flexibility index (Phi) is 2.65. The Morgan fingerprint density at radius 1 is 1.38 bits per heavy atom. The molecule has 1 amide bonds. The molecule has 1 heterocycles. The molecule has 2 aliphatic rings. The van der Waals surface area contributed by atoms with E-state index in [1.54, 1.807) is 4.90 Å². The third-order valence-electron chi connectivity index (χ3n) is 3.56. The van der Waals surface area contributed by atoms with E-state index in [-0.39, 0.29) is 17.6 Å². The number of piperidine rings is 1. The number of amides is 1. The standard InChI is InChI=1S/C12H21NO3/c1-11(2,3)16-10(15)13-6-4-12(5-7-13)8-9(12)14/h9,14H,4-8H2,1-3H3. The van der Waals surface area contributed by atoms with E-state index in [1.807, 2.05) is 20.8 Å². The molecule has 0 aromatic carbocycles. The normalized spacial score (nSPS) is 28.0. The van der Waals surface area contributed by atoms with Crippen molar-refractivity contribution in [1.29, 1.82) is 0 Å². The number of rotatable bonds is 0. The lowest BCUT2D eigenvalue weighted by Crippen LogP contribution is -2.42. The highest BCUT2D eigenvalue weighted by atomic mass is 16.6. The van der Waals surface area contributed by atoms with Crippen LogP contribution in [0.15, 0.2) is 0 Å². The van der Waals surface area contributed by atoms with Crippen molar-refractivity contribution in [2.24, 2.45) is 5.41 Å². The minimum atomic E-state index is -0.425. The maximum Gasteiger partial charge on any atom is 0.410 e. The van der Waals surface area contributed by atoms with Crippen LogP contribution in [0.5, 0.6) is 0 Å². The molecule has 1 spiro atoms. The molecule has 1 saturated heterocycles. The fourth-order valence-corrected chi connectivity index (χ4v) is 2.32. The van der Waals surface area contributed by atoms with Crippen LogP contribution in [0, 0.1) is 5.41 Å². The van der Waals surface area contributed by atoms with Gasteiger partial charge in [0.2, 0.25) is 0 Å². The largest absolute Gasteiger partial charge is 0.444 e. The summed E-state index contributed by atoms with van der Waals surface area (Å²) in [5.74, 6) is 0. The smallest absolute Gasteiger partial charge is 0.410 e. The Morgan fingerprint density at radius 2 is 1.88 bits per heavy atom. The molecule has 0 aromatic heterocycles. The minimum absolute atomic E-state index is 0.131.